The maximum absolute atomic E-state index is 12.7. The Morgan fingerprint density at radius 1 is 1.24 bits per heavy atom. The number of esters is 1. The van der Waals surface area contributed by atoms with Crippen LogP contribution in [0.25, 0.3) is 0 Å². The molecule has 0 spiro atoms. The average molecular weight is 421 g/mol. The van der Waals surface area contributed by atoms with Crippen LogP contribution in [-0.2, 0) is 21.5 Å². The molecule has 1 saturated carbocycles. The van der Waals surface area contributed by atoms with Crippen LogP contribution in [0.3, 0.4) is 0 Å². The molecule has 0 bridgehead atoms. The van der Waals surface area contributed by atoms with E-state index in [1.165, 1.54) is 11.3 Å². The quantitative estimate of drug-likeness (QED) is 0.630. The topological polar surface area (TPSA) is 106 Å². The number of thiophene rings is 1. The van der Waals surface area contributed by atoms with Crippen molar-refractivity contribution in [2.75, 3.05) is 18.5 Å². The first-order chi connectivity index (χ1) is 13.9. The van der Waals surface area contributed by atoms with Gasteiger partial charge in [0.1, 0.15) is 5.00 Å². The molecule has 2 aromatic rings. The maximum atomic E-state index is 12.7. The molecular weight excluding hydrogens is 392 g/mol. The molecule has 1 aliphatic rings. The van der Waals surface area contributed by atoms with Crippen LogP contribution >= 0.6 is 11.3 Å². The van der Waals surface area contributed by atoms with E-state index >= 15 is 0 Å². The first-order valence-electron chi connectivity index (χ1n) is 10.0. The van der Waals surface area contributed by atoms with E-state index in [9.17, 15) is 9.59 Å². The Morgan fingerprint density at radius 2 is 1.97 bits per heavy atom. The highest BCUT2D eigenvalue weighted by molar-refractivity contribution is 7.16. The van der Waals surface area contributed by atoms with Crippen LogP contribution in [0, 0.1) is 13.8 Å². The van der Waals surface area contributed by atoms with E-state index in [2.05, 4.69) is 20.8 Å². The van der Waals surface area contributed by atoms with Gasteiger partial charge in [0.25, 0.3) is 0 Å². The fraction of sp³-hybridized carbons (Fsp3) is 0.600. The van der Waals surface area contributed by atoms with Gasteiger partial charge in [0.15, 0.2) is 5.82 Å². The van der Waals surface area contributed by atoms with Crippen molar-refractivity contribution in [3.8, 4) is 0 Å². The zero-order chi connectivity index (χ0) is 21.0. The first kappa shape index (κ1) is 21.4. The van der Waals surface area contributed by atoms with Gasteiger partial charge in [0.05, 0.1) is 24.3 Å². The molecule has 29 heavy (non-hydrogen) atoms. The predicted molar refractivity (Wildman–Crippen MR) is 110 cm³/mol. The summed E-state index contributed by atoms with van der Waals surface area (Å²) in [6.07, 6.45) is 4.49. The Morgan fingerprint density at radius 3 is 2.55 bits per heavy atom. The molecule has 1 amide bonds. The number of rotatable bonds is 8. The van der Waals surface area contributed by atoms with E-state index in [-0.39, 0.29) is 12.5 Å². The summed E-state index contributed by atoms with van der Waals surface area (Å²) in [6, 6.07) is 0. The number of ether oxygens (including phenoxy) is 1. The monoisotopic (exact) mass is 420 g/mol. The van der Waals surface area contributed by atoms with Crippen molar-refractivity contribution in [1.29, 1.82) is 0 Å². The van der Waals surface area contributed by atoms with E-state index in [0.29, 0.717) is 35.3 Å². The molecular formula is C20H28N4O4S. The van der Waals surface area contributed by atoms with Crippen molar-refractivity contribution >= 4 is 28.2 Å². The molecule has 0 atom stereocenters. The van der Waals surface area contributed by atoms with Gasteiger partial charge < -0.3 is 14.6 Å². The molecule has 158 valence electrons. The molecule has 8 nitrogen and oxygen atoms in total. The normalized spacial score (nSPS) is 15.4. The molecule has 0 aliphatic heterocycles. The zero-order valence-corrected chi connectivity index (χ0v) is 18.2. The number of anilines is 1. The fourth-order valence-corrected chi connectivity index (χ4v) is 5.03. The zero-order valence-electron chi connectivity index (χ0n) is 17.4. The molecule has 2 heterocycles. The van der Waals surface area contributed by atoms with Crippen molar-refractivity contribution < 1.29 is 18.8 Å². The standard InChI is InChI=1S/C20H28N4O4S/c1-5-14-12(3)29-17(16(14)18(26)27-6-2)23-15(25)11-21-20(9-7-8-10-20)19-22-13(4)28-24-19/h21H,5-11H2,1-4H3,(H,23,25). The number of aryl methyl sites for hydroxylation is 2. The maximum Gasteiger partial charge on any atom is 0.341 e. The van der Waals surface area contributed by atoms with Crippen LogP contribution in [0.5, 0.6) is 0 Å². The van der Waals surface area contributed by atoms with E-state index in [1.54, 1.807) is 13.8 Å². The van der Waals surface area contributed by atoms with Crippen LogP contribution in [0.2, 0.25) is 0 Å². The van der Waals surface area contributed by atoms with Crippen molar-refractivity contribution in [3.63, 3.8) is 0 Å². The van der Waals surface area contributed by atoms with Crippen LogP contribution in [0.4, 0.5) is 5.00 Å². The summed E-state index contributed by atoms with van der Waals surface area (Å²) in [5, 5.41) is 10.9. The third-order valence-corrected chi connectivity index (χ3v) is 6.36. The minimum absolute atomic E-state index is 0.0915. The Labute approximate surface area is 174 Å². The van der Waals surface area contributed by atoms with Gasteiger partial charge in [-0.3, -0.25) is 10.1 Å². The number of nitrogens with one attached hydrogen (secondary N) is 2. The molecule has 0 aromatic carbocycles. The molecule has 2 N–H and O–H groups in total. The highest BCUT2D eigenvalue weighted by Crippen LogP contribution is 2.37. The van der Waals surface area contributed by atoms with E-state index in [4.69, 9.17) is 9.26 Å². The van der Waals surface area contributed by atoms with Crippen LogP contribution < -0.4 is 10.6 Å². The SMILES string of the molecule is CCOC(=O)c1c(NC(=O)CNC2(c3noc(C)n3)CCCC2)sc(C)c1CC. The number of nitrogens with zero attached hydrogens (tertiary/aromatic N) is 2. The number of hydrogen-bond acceptors (Lipinski definition) is 8. The first-order valence-corrected chi connectivity index (χ1v) is 10.9. The Kier molecular flexibility index (Phi) is 6.69. The Balaban J connectivity index is 1.73. The molecule has 2 aromatic heterocycles. The summed E-state index contributed by atoms with van der Waals surface area (Å²) in [7, 11) is 0. The Hall–Kier alpha value is -2.26. The summed E-state index contributed by atoms with van der Waals surface area (Å²) in [6.45, 7) is 7.85. The van der Waals surface area contributed by atoms with Gasteiger partial charge in [-0.05, 0) is 38.7 Å². The summed E-state index contributed by atoms with van der Waals surface area (Å²) in [5.41, 5.74) is 0.944. The van der Waals surface area contributed by atoms with Gasteiger partial charge in [0, 0.05) is 11.8 Å². The van der Waals surface area contributed by atoms with Crippen LogP contribution in [0.15, 0.2) is 4.52 Å². The lowest BCUT2D eigenvalue weighted by Gasteiger charge is -2.26. The predicted octanol–water partition coefficient (Wildman–Crippen LogP) is 3.48. The highest BCUT2D eigenvalue weighted by atomic mass is 32.1. The van der Waals surface area contributed by atoms with Gasteiger partial charge in [-0.25, -0.2) is 4.79 Å². The summed E-state index contributed by atoms with van der Waals surface area (Å²) in [5.74, 6) is 0.503. The minimum Gasteiger partial charge on any atom is -0.462 e. The number of hydrogen-bond donors (Lipinski definition) is 2. The second-order valence-corrected chi connectivity index (χ2v) is 8.47. The van der Waals surface area contributed by atoms with Crippen molar-refractivity contribution in [3.05, 3.63) is 27.7 Å². The summed E-state index contributed by atoms with van der Waals surface area (Å²) in [4.78, 5) is 30.5. The third-order valence-electron chi connectivity index (χ3n) is 5.30. The lowest BCUT2D eigenvalue weighted by molar-refractivity contribution is -0.115. The smallest absolute Gasteiger partial charge is 0.341 e. The number of aromatic nitrogens is 2. The van der Waals surface area contributed by atoms with Gasteiger partial charge in [-0.2, -0.15) is 4.98 Å². The highest BCUT2D eigenvalue weighted by Gasteiger charge is 2.40. The summed E-state index contributed by atoms with van der Waals surface area (Å²) < 4.78 is 10.3. The van der Waals surface area contributed by atoms with Crippen molar-refractivity contribution in [2.24, 2.45) is 0 Å². The van der Waals surface area contributed by atoms with Gasteiger partial charge >= 0.3 is 5.97 Å². The number of carbonyl (C=O) groups is 2. The Bertz CT molecular complexity index is 883. The molecule has 0 radical (unpaired) electrons. The van der Waals surface area contributed by atoms with E-state index in [1.807, 2.05) is 13.8 Å². The minimum atomic E-state index is -0.445. The van der Waals surface area contributed by atoms with E-state index < -0.39 is 11.5 Å². The second-order valence-electron chi connectivity index (χ2n) is 7.24. The number of carbonyl (C=O) groups excluding carboxylic acids is 2. The average Bonchev–Trinajstić information content (AvgIpc) is 3.39. The third kappa shape index (κ3) is 4.51. The molecule has 1 aliphatic carbocycles. The molecule has 0 saturated heterocycles. The fourth-order valence-electron chi connectivity index (χ4n) is 3.88. The second kappa shape index (κ2) is 9.04. The van der Waals surface area contributed by atoms with Gasteiger partial charge in [0.2, 0.25) is 11.8 Å². The van der Waals surface area contributed by atoms with Crippen LogP contribution in [-0.4, -0.2) is 35.2 Å². The summed E-state index contributed by atoms with van der Waals surface area (Å²) >= 11 is 1.40. The van der Waals surface area contributed by atoms with Crippen LogP contribution in [0.1, 0.15) is 72.0 Å². The lowest BCUT2D eigenvalue weighted by Crippen LogP contribution is -2.44. The largest absolute Gasteiger partial charge is 0.462 e. The number of amides is 1. The molecule has 3 rings (SSSR count). The van der Waals surface area contributed by atoms with Crippen molar-refractivity contribution in [2.45, 2.75) is 65.3 Å². The van der Waals surface area contributed by atoms with E-state index in [0.717, 1.165) is 36.1 Å². The lowest BCUT2D eigenvalue weighted by atomic mass is 9.96. The van der Waals surface area contributed by atoms with Gasteiger partial charge in [-0.1, -0.05) is 24.9 Å². The van der Waals surface area contributed by atoms with Gasteiger partial charge in [-0.15, -0.1) is 11.3 Å². The molecule has 0 unspecified atom stereocenters. The molecule has 9 heteroatoms. The molecule has 1 fully saturated rings. The van der Waals surface area contributed by atoms with Crippen molar-refractivity contribution in [1.82, 2.24) is 15.5 Å².